The highest BCUT2D eigenvalue weighted by Crippen LogP contribution is 2.36. The molecule has 0 unspecified atom stereocenters. The van der Waals surface area contributed by atoms with Gasteiger partial charge in [0.25, 0.3) is 0 Å². The predicted molar refractivity (Wildman–Crippen MR) is 174 cm³/mol. The first kappa shape index (κ1) is 13.4. The van der Waals surface area contributed by atoms with E-state index in [2.05, 4.69) is 9.97 Å². The Morgan fingerprint density at radius 2 is 0.977 bits per heavy atom. The molecule has 0 spiro atoms. The second-order valence-electron chi connectivity index (χ2n) is 9.25. The topological polar surface area (TPSA) is 51.8 Å². The van der Waals surface area contributed by atoms with Gasteiger partial charge in [0.1, 0.15) is 11.2 Å². The molecule has 8 rings (SSSR count). The van der Waals surface area contributed by atoms with E-state index < -0.39 is 95.7 Å². The molecule has 0 bridgehead atoms. The maximum atomic E-state index is 8.95. The lowest BCUT2D eigenvalue weighted by Crippen LogP contribution is -2.00. The second kappa shape index (κ2) is 10.5. The standard InChI is InChI=1S/C39H25N3O/c1-3-10-26(11-4-1)27-18-20-28(21-19-27)29-22-24-31(25-23-29)38-40-37(30-12-5-2-6-13-30)41-39(42-38)33-15-9-17-35-36(33)32-14-7-8-16-34(32)43-35/h1-25H/i1D,2D,3D,4D,5D,6D,7D,10D,11D,12D,13D,15D,18D,19D,20D,21D. The van der Waals surface area contributed by atoms with Gasteiger partial charge < -0.3 is 4.42 Å². The van der Waals surface area contributed by atoms with Crippen molar-refractivity contribution in [3.63, 3.8) is 0 Å². The van der Waals surface area contributed by atoms with Gasteiger partial charge in [-0.25, -0.2) is 15.0 Å². The van der Waals surface area contributed by atoms with E-state index in [1.807, 2.05) is 0 Å². The van der Waals surface area contributed by atoms with Crippen LogP contribution in [0.1, 0.15) is 21.9 Å². The number of para-hydroxylation sites is 1. The van der Waals surface area contributed by atoms with E-state index >= 15 is 0 Å². The van der Waals surface area contributed by atoms with Crippen LogP contribution in [0.5, 0.6) is 0 Å². The Labute approximate surface area is 271 Å². The van der Waals surface area contributed by atoms with Crippen LogP contribution < -0.4 is 0 Å². The van der Waals surface area contributed by atoms with Crippen molar-refractivity contribution in [1.29, 1.82) is 0 Å². The molecule has 2 heterocycles. The summed E-state index contributed by atoms with van der Waals surface area (Å²) < 4.78 is 141. The van der Waals surface area contributed by atoms with E-state index in [1.54, 1.807) is 24.3 Å². The Morgan fingerprint density at radius 1 is 0.419 bits per heavy atom. The third-order valence-electron chi connectivity index (χ3n) is 6.66. The third kappa shape index (κ3) is 4.65. The summed E-state index contributed by atoms with van der Waals surface area (Å²) in [5, 5.41) is 0.890. The van der Waals surface area contributed by atoms with Crippen LogP contribution in [-0.4, -0.2) is 15.0 Å². The van der Waals surface area contributed by atoms with Crippen LogP contribution in [0.25, 0.3) is 78.4 Å². The molecule has 0 N–H and O–H groups in total. The van der Waals surface area contributed by atoms with Gasteiger partial charge >= 0.3 is 0 Å². The van der Waals surface area contributed by atoms with E-state index in [1.165, 1.54) is 30.3 Å². The summed E-state index contributed by atoms with van der Waals surface area (Å²) in [5.74, 6) is -0.485. The predicted octanol–water partition coefficient (Wildman–Crippen LogP) is 10.1. The fraction of sp³-hybridized carbons (Fsp3) is 0. The average Bonchev–Trinajstić information content (AvgIpc) is 3.59. The van der Waals surface area contributed by atoms with Crippen LogP contribution >= 0.6 is 0 Å². The number of hydrogen-bond donors (Lipinski definition) is 0. The van der Waals surface area contributed by atoms with Crippen LogP contribution in [0, 0.1) is 0 Å². The van der Waals surface area contributed by atoms with Crippen molar-refractivity contribution in [3.8, 4) is 56.4 Å². The summed E-state index contributed by atoms with van der Waals surface area (Å²) >= 11 is 0. The highest BCUT2D eigenvalue weighted by atomic mass is 16.3. The molecule has 0 saturated heterocycles. The summed E-state index contributed by atoms with van der Waals surface area (Å²) in [6.45, 7) is 0. The van der Waals surface area contributed by atoms with E-state index in [0.717, 1.165) is 0 Å². The third-order valence-corrected chi connectivity index (χ3v) is 6.66. The van der Waals surface area contributed by atoms with Gasteiger partial charge in [-0.3, -0.25) is 0 Å². The molecule has 6 aromatic carbocycles. The molecule has 0 aliphatic carbocycles. The number of hydrogen-bond acceptors (Lipinski definition) is 4. The number of furan rings is 1. The van der Waals surface area contributed by atoms with Gasteiger partial charge in [0.2, 0.25) is 0 Å². The molecule has 202 valence electrons. The first-order valence-electron chi connectivity index (χ1n) is 21.0. The maximum absolute atomic E-state index is 8.95. The zero-order chi connectivity index (χ0) is 42.5. The monoisotopic (exact) mass is 567 g/mol. The molecule has 0 aliphatic rings. The molecule has 2 aromatic heterocycles. The van der Waals surface area contributed by atoms with Crippen molar-refractivity contribution in [2.75, 3.05) is 0 Å². The molecule has 43 heavy (non-hydrogen) atoms. The maximum Gasteiger partial charge on any atom is 0.164 e. The normalized spacial score (nSPS) is 16.5. The number of fused-ring (bicyclic) bond motifs is 3. The Kier molecular flexibility index (Phi) is 3.28. The molecule has 0 amide bonds. The molecule has 0 radical (unpaired) electrons. The summed E-state index contributed by atoms with van der Waals surface area (Å²) in [6, 6.07) is 5.05. The van der Waals surface area contributed by atoms with E-state index in [4.69, 9.17) is 31.3 Å². The first-order valence-corrected chi connectivity index (χ1v) is 13.0. The number of rotatable bonds is 5. The lowest BCUT2D eigenvalue weighted by atomic mass is 9.99. The number of nitrogens with zero attached hydrogens (tertiary/aromatic N) is 3. The SMILES string of the molecule is [2H]c1ccc2oc3ccc([2H])c(-c4nc(-c5ccc(-c6c([2H])c([2H])c(-c7c([2H])c([2H])c([2H])c([2H])c7[2H])c([2H])c6[2H])cc5)nc(-c5c([2H])c([2H])c([2H])c([2H])c5[2H])n4)c3c2c1. The summed E-state index contributed by atoms with van der Waals surface area (Å²) in [4.78, 5) is 13.8. The molecule has 8 aromatic rings. The van der Waals surface area contributed by atoms with Crippen molar-refractivity contribution in [2.45, 2.75) is 0 Å². The van der Waals surface area contributed by atoms with Gasteiger partial charge in [-0.1, -0.05) is 139 Å². The smallest absolute Gasteiger partial charge is 0.164 e. The minimum Gasteiger partial charge on any atom is -0.456 e. The molecule has 0 aliphatic heterocycles. The molecule has 0 fully saturated rings. The van der Waals surface area contributed by atoms with E-state index in [0.29, 0.717) is 21.9 Å². The fourth-order valence-electron chi connectivity index (χ4n) is 4.66. The first-order chi connectivity index (χ1) is 27.9. The van der Waals surface area contributed by atoms with Crippen LogP contribution in [0.15, 0.2) is 156 Å². The van der Waals surface area contributed by atoms with Crippen LogP contribution in [0.2, 0.25) is 0 Å². The van der Waals surface area contributed by atoms with Gasteiger partial charge in [0.15, 0.2) is 17.5 Å². The minimum atomic E-state index is -0.690. The van der Waals surface area contributed by atoms with Crippen molar-refractivity contribution >= 4 is 21.9 Å². The van der Waals surface area contributed by atoms with Gasteiger partial charge in [0.05, 0.1) is 21.9 Å². The van der Waals surface area contributed by atoms with Crippen LogP contribution in [0.3, 0.4) is 0 Å². The Bertz CT molecular complexity index is 3040. The van der Waals surface area contributed by atoms with E-state index in [-0.39, 0.29) is 57.4 Å². The van der Waals surface area contributed by atoms with Gasteiger partial charge in [-0.2, -0.15) is 0 Å². The summed E-state index contributed by atoms with van der Waals surface area (Å²) in [5.41, 5.74) is 0.0138. The molecule has 0 atom stereocenters. The largest absolute Gasteiger partial charge is 0.456 e. The number of benzene rings is 6. The quantitative estimate of drug-likeness (QED) is 0.208. The van der Waals surface area contributed by atoms with Crippen LogP contribution in [-0.2, 0) is 0 Å². The van der Waals surface area contributed by atoms with Gasteiger partial charge in [0, 0.05) is 27.5 Å². The van der Waals surface area contributed by atoms with Gasteiger partial charge in [-0.05, 0) is 34.4 Å². The summed E-state index contributed by atoms with van der Waals surface area (Å²) in [6.07, 6.45) is 0. The van der Waals surface area contributed by atoms with E-state index in [9.17, 15) is 0 Å². The number of aromatic nitrogens is 3. The lowest BCUT2D eigenvalue weighted by Gasteiger charge is -2.10. The van der Waals surface area contributed by atoms with Crippen molar-refractivity contribution < 1.29 is 26.3 Å². The average molecular weight is 568 g/mol. The zero-order valence-electron chi connectivity index (χ0n) is 37.9. The Balaban J connectivity index is 1.33. The molecular formula is C39H25N3O. The highest BCUT2D eigenvalue weighted by molar-refractivity contribution is 6.11. The van der Waals surface area contributed by atoms with Crippen molar-refractivity contribution in [3.05, 3.63) is 151 Å². The molecular weight excluding hydrogens is 526 g/mol. The molecule has 4 heteroatoms. The van der Waals surface area contributed by atoms with Gasteiger partial charge in [-0.15, -0.1) is 0 Å². The van der Waals surface area contributed by atoms with Crippen molar-refractivity contribution in [2.24, 2.45) is 0 Å². The molecule has 0 saturated carbocycles. The van der Waals surface area contributed by atoms with Crippen molar-refractivity contribution in [1.82, 2.24) is 15.0 Å². The zero-order valence-corrected chi connectivity index (χ0v) is 21.9. The Morgan fingerprint density at radius 3 is 1.70 bits per heavy atom. The Hall–Kier alpha value is -5.87. The van der Waals surface area contributed by atoms with Crippen LogP contribution in [0.4, 0.5) is 0 Å². The second-order valence-corrected chi connectivity index (χ2v) is 9.25. The highest BCUT2D eigenvalue weighted by Gasteiger charge is 2.17. The minimum absolute atomic E-state index is 0.0505. The molecule has 4 nitrogen and oxygen atoms in total. The fourth-order valence-corrected chi connectivity index (χ4v) is 4.66. The summed E-state index contributed by atoms with van der Waals surface area (Å²) in [7, 11) is 0. The lowest BCUT2D eigenvalue weighted by molar-refractivity contribution is 0.669.